The molecule has 0 aliphatic carbocycles. The molecule has 0 bridgehead atoms. The molecule has 1 aliphatic heterocycles. The lowest BCUT2D eigenvalue weighted by atomic mass is 10.2. The summed E-state index contributed by atoms with van der Waals surface area (Å²) >= 11 is 0. The second kappa shape index (κ2) is 5.46. The van der Waals surface area contributed by atoms with Crippen molar-refractivity contribution >= 4 is 0 Å². The summed E-state index contributed by atoms with van der Waals surface area (Å²) in [5, 5.41) is 7.75. The Morgan fingerprint density at radius 3 is 3.19 bits per heavy atom. The Hall–Kier alpha value is -0.870. The topological polar surface area (TPSA) is 39.1 Å². The van der Waals surface area contributed by atoms with Crippen LogP contribution < -0.4 is 5.32 Å². The van der Waals surface area contributed by atoms with E-state index >= 15 is 0 Å². The molecule has 1 aromatic rings. The van der Waals surface area contributed by atoms with Crippen LogP contribution in [0.2, 0.25) is 0 Å². The van der Waals surface area contributed by atoms with E-state index in [9.17, 15) is 0 Å². The lowest BCUT2D eigenvalue weighted by molar-refractivity contribution is 0.109. The first-order valence-electron chi connectivity index (χ1n) is 6.12. The molecule has 1 aromatic heterocycles. The summed E-state index contributed by atoms with van der Waals surface area (Å²) in [5.41, 5.74) is 1.24. The molecule has 0 amide bonds. The average molecular weight is 223 g/mol. The molecule has 4 heteroatoms. The number of rotatable bonds is 5. The molecule has 0 spiro atoms. The maximum Gasteiger partial charge on any atom is 0.0700 e. The zero-order valence-electron chi connectivity index (χ0n) is 10.1. The van der Waals surface area contributed by atoms with Crippen LogP contribution in [0.15, 0.2) is 12.3 Å². The van der Waals surface area contributed by atoms with E-state index in [1.165, 1.54) is 18.5 Å². The second-order valence-electron chi connectivity index (χ2n) is 4.63. The Morgan fingerprint density at radius 2 is 2.50 bits per heavy atom. The quantitative estimate of drug-likeness (QED) is 0.826. The van der Waals surface area contributed by atoms with E-state index < -0.39 is 0 Å². The van der Waals surface area contributed by atoms with Gasteiger partial charge in [0.1, 0.15) is 0 Å². The molecule has 0 saturated carbocycles. The fourth-order valence-corrected chi connectivity index (χ4v) is 2.11. The largest absolute Gasteiger partial charge is 0.377 e. The minimum Gasteiger partial charge on any atom is -0.377 e. The number of hydrogen-bond donors (Lipinski definition) is 1. The van der Waals surface area contributed by atoms with E-state index in [-0.39, 0.29) is 0 Å². The first-order chi connectivity index (χ1) is 7.77. The van der Waals surface area contributed by atoms with E-state index in [1.54, 1.807) is 0 Å². The Bertz CT molecular complexity index is 316. The molecule has 2 heterocycles. The fourth-order valence-electron chi connectivity index (χ4n) is 2.11. The lowest BCUT2D eigenvalue weighted by Gasteiger charge is -2.13. The van der Waals surface area contributed by atoms with E-state index in [2.05, 4.69) is 35.0 Å². The van der Waals surface area contributed by atoms with Crippen molar-refractivity contribution < 1.29 is 4.74 Å². The number of nitrogens with zero attached hydrogens (tertiary/aromatic N) is 2. The summed E-state index contributed by atoms with van der Waals surface area (Å²) in [6.45, 7) is 7.05. The first-order valence-corrected chi connectivity index (χ1v) is 6.12. The van der Waals surface area contributed by atoms with E-state index in [1.807, 2.05) is 6.20 Å². The van der Waals surface area contributed by atoms with Gasteiger partial charge in [-0.25, -0.2) is 0 Å². The number of aromatic nitrogens is 2. The van der Waals surface area contributed by atoms with Crippen molar-refractivity contribution in [2.45, 2.75) is 45.4 Å². The van der Waals surface area contributed by atoms with Gasteiger partial charge < -0.3 is 10.1 Å². The van der Waals surface area contributed by atoms with Gasteiger partial charge in [-0.3, -0.25) is 4.68 Å². The maximum absolute atomic E-state index is 5.57. The van der Waals surface area contributed by atoms with Crippen LogP contribution in [0, 0.1) is 0 Å². The summed E-state index contributed by atoms with van der Waals surface area (Å²) < 4.78 is 7.62. The van der Waals surface area contributed by atoms with Crippen molar-refractivity contribution in [1.82, 2.24) is 15.1 Å². The van der Waals surface area contributed by atoms with Crippen molar-refractivity contribution in [2.24, 2.45) is 0 Å². The molecule has 0 aromatic carbocycles. The zero-order chi connectivity index (χ0) is 11.4. The highest BCUT2D eigenvalue weighted by Gasteiger charge is 2.14. The monoisotopic (exact) mass is 223 g/mol. The molecule has 1 saturated heterocycles. The highest BCUT2D eigenvalue weighted by Crippen LogP contribution is 2.11. The predicted octanol–water partition coefficient (Wildman–Crippen LogP) is 1.73. The molecule has 4 nitrogen and oxygen atoms in total. The highest BCUT2D eigenvalue weighted by atomic mass is 16.5. The van der Waals surface area contributed by atoms with E-state index in [0.717, 1.165) is 19.7 Å². The Balaban J connectivity index is 1.78. The molecule has 1 atom stereocenters. The van der Waals surface area contributed by atoms with Crippen molar-refractivity contribution in [2.75, 3.05) is 13.2 Å². The van der Waals surface area contributed by atoms with Crippen molar-refractivity contribution in [1.29, 1.82) is 0 Å². The van der Waals surface area contributed by atoms with Gasteiger partial charge in [-0.1, -0.05) is 0 Å². The minimum absolute atomic E-state index is 0.412. The van der Waals surface area contributed by atoms with E-state index in [4.69, 9.17) is 4.74 Å². The van der Waals surface area contributed by atoms with Crippen LogP contribution in [0.1, 0.15) is 38.4 Å². The van der Waals surface area contributed by atoms with Crippen molar-refractivity contribution in [3.05, 3.63) is 18.0 Å². The SMILES string of the molecule is CC(C)n1nccc1CNC[C@@H]1CCCO1. The minimum atomic E-state index is 0.412. The van der Waals surface area contributed by atoms with Gasteiger partial charge in [0.25, 0.3) is 0 Å². The maximum atomic E-state index is 5.57. The summed E-state index contributed by atoms with van der Waals surface area (Å²) in [6.07, 6.45) is 4.67. The van der Waals surface area contributed by atoms with Gasteiger partial charge in [0, 0.05) is 31.9 Å². The number of nitrogens with one attached hydrogen (secondary N) is 1. The molecule has 90 valence electrons. The zero-order valence-corrected chi connectivity index (χ0v) is 10.1. The second-order valence-corrected chi connectivity index (χ2v) is 4.63. The van der Waals surface area contributed by atoms with Crippen molar-refractivity contribution in [3.63, 3.8) is 0 Å². The molecular formula is C12H21N3O. The van der Waals surface area contributed by atoms with Crippen LogP contribution in [0.4, 0.5) is 0 Å². The van der Waals surface area contributed by atoms with Crippen LogP contribution in [0.3, 0.4) is 0 Å². The smallest absolute Gasteiger partial charge is 0.0700 e. The van der Waals surface area contributed by atoms with Gasteiger partial charge in [0.2, 0.25) is 0 Å². The van der Waals surface area contributed by atoms with Gasteiger partial charge >= 0.3 is 0 Å². The average Bonchev–Trinajstić information content (AvgIpc) is 2.87. The van der Waals surface area contributed by atoms with E-state index in [0.29, 0.717) is 12.1 Å². The summed E-state index contributed by atoms with van der Waals surface area (Å²) in [5.74, 6) is 0. The van der Waals surface area contributed by atoms with Gasteiger partial charge in [-0.15, -0.1) is 0 Å². The molecule has 2 rings (SSSR count). The fraction of sp³-hybridized carbons (Fsp3) is 0.750. The molecule has 0 radical (unpaired) electrons. The molecule has 1 fully saturated rings. The number of ether oxygens (including phenoxy) is 1. The standard InChI is InChI=1S/C12H21N3O/c1-10(2)15-11(5-6-14-15)8-13-9-12-4-3-7-16-12/h5-6,10,12-13H,3-4,7-9H2,1-2H3/t12-/m0/s1. The normalized spacial score (nSPS) is 20.8. The van der Waals surface area contributed by atoms with Gasteiger partial charge in [0.05, 0.1) is 11.8 Å². The van der Waals surface area contributed by atoms with Crippen molar-refractivity contribution in [3.8, 4) is 0 Å². The van der Waals surface area contributed by atoms with Gasteiger partial charge in [0.15, 0.2) is 0 Å². The molecule has 1 N–H and O–H groups in total. The number of hydrogen-bond acceptors (Lipinski definition) is 3. The van der Waals surface area contributed by atoms with Gasteiger partial charge in [-0.05, 0) is 32.8 Å². The van der Waals surface area contributed by atoms with Gasteiger partial charge in [-0.2, -0.15) is 5.10 Å². The Labute approximate surface area is 97.0 Å². The summed E-state index contributed by atoms with van der Waals surface area (Å²) in [6, 6.07) is 2.50. The summed E-state index contributed by atoms with van der Waals surface area (Å²) in [4.78, 5) is 0. The van der Waals surface area contributed by atoms with Crippen LogP contribution in [0.25, 0.3) is 0 Å². The third kappa shape index (κ3) is 2.83. The van der Waals surface area contributed by atoms with Crippen LogP contribution in [-0.4, -0.2) is 29.0 Å². The van der Waals surface area contributed by atoms with Crippen LogP contribution in [0.5, 0.6) is 0 Å². The molecule has 0 unspecified atom stereocenters. The Kier molecular flexibility index (Phi) is 3.96. The molecular weight excluding hydrogens is 202 g/mol. The Morgan fingerprint density at radius 1 is 1.62 bits per heavy atom. The van der Waals surface area contributed by atoms with Crippen LogP contribution in [-0.2, 0) is 11.3 Å². The first kappa shape index (κ1) is 11.6. The lowest BCUT2D eigenvalue weighted by Crippen LogP contribution is -2.27. The summed E-state index contributed by atoms with van der Waals surface area (Å²) in [7, 11) is 0. The third-order valence-corrected chi connectivity index (χ3v) is 2.94. The van der Waals surface area contributed by atoms with Crippen LogP contribution >= 0.6 is 0 Å². The predicted molar refractivity (Wildman–Crippen MR) is 63.3 cm³/mol. The molecule has 16 heavy (non-hydrogen) atoms. The molecule has 1 aliphatic rings. The highest BCUT2D eigenvalue weighted by molar-refractivity contribution is 5.01. The third-order valence-electron chi connectivity index (χ3n) is 2.94.